The molecule has 1 amide bonds. The second kappa shape index (κ2) is 13.7. The highest BCUT2D eigenvalue weighted by molar-refractivity contribution is 6.35. The Bertz CT molecular complexity index is 1320. The maximum Gasteiger partial charge on any atom is 0.326 e. The topological polar surface area (TPSA) is 116 Å². The molecule has 1 saturated heterocycles. The monoisotopic (exact) mass is 584 g/mol. The fraction of sp³-hybridized carbons (Fsp3) is 0.300. The van der Waals surface area contributed by atoms with E-state index in [0.717, 1.165) is 5.56 Å². The fourth-order valence-corrected chi connectivity index (χ4v) is 5.41. The summed E-state index contributed by atoms with van der Waals surface area (Å²) in [6, 6.07) is 19.5. The molecule has 1 heterocycles. The molecule has 0 radical (unpaired) electrons. The van der Waals surface area contributed by atoms with E-state index in [0.29, 0.717) is 46.3 Å². The van der Waals surface area contributed by atoms with Gasteiger partial charge in [0.15, 0.2) is 0 Å². The number of likely N-dealkylation sites (tertiary alicyclic amines) is 1. The van der Waals surface area contributed by atoms with Gasteiger partial charge in [-0.05, 0) is 48.2 Å². The van der Waals surface area contributed by atoms with Gasteiger partial charge in [-0.15, -0.1) is 0 Å². The molecule has 3 aromatic carbocycles. The number of nitrogens with zero attached hydrogens (tertiary/aromatic N) is 1. The molecule has 210 valence electrons. The van der Waals surface area contributed by atoms with E-state index in [1.165, 1.54) is 0 Å². The van der Waals surface area contributed by atoms with Crippen LogP contribution in [-0.4, -0.2) is 51.1 Å². The van der Waals surface area contributed by atoms with Crippen LogP contribution < -0.4 is 10.1 Å². The number of halogens is 2. The minimum atomic E-state index is -1.15. The Balaban J connectivity index is 1.34. The molecule has 4 rings (SSSR count). The van der Waals surface area contributed by atoms with Crippen molar-refractivity contribution in [3.63, 3.8) is 0 Å². The lowest BCUT2D eigenvalue weighted by Crippen LogP contribution is -2.46. The van der Waals surface area contributed by atoms with Gasteiger partial charge in [-0.1, -0.05) is 71.7 Å². The van der Waals surface area contributed by atoms with Gasteiger partial charge in [0.05, 0.1) is 0 Å². The quantitative estimate of drug-likeness (QED) is 0.268. The van der Waals surface area contributed by atoms with Gasteiger partial charge in [0.25, 0.3) is 0 Å². The Morgan fingerprint density at radius 2 is 1.57 bits per heavy atom. The third-order valence-electron chi connectivity index (χ3n) is 7.00. The van der Waals surface area contributed by atoms with Gasteiger partial charge in [-0.25, -0.2) is 4.79 Å². The standard InChI is InChI=1S/C30H30Cl2N2O6/c31-24-7-4-8-25(32)23(24)18-40-22-12-9-19(10-13-22)15-26(29(36)37)33-28(35)16-21-11-14-27(30(38)39)34(21)17-20-5-2-1-3-6-20/h1-10,12-13,21,26-27H,11,14-18H2,(H,33,35)(H,36,37)(H,38,39)/t21-,26-,27+/m0/s1. The number of aliphatic carboxylic acids is 2. The number of amides is 1. The molecule has 0 aromatic heterocycles. The molecular formula is C30H30Cl2N2O6. The summed E-state index contributed by atoms with van der Waals surface area (Å²) in [6.07, 6.45) is 1.06. The van der Waals surface area contributed by atoms with Crippen LogP contribution in [0.3, 0.4) is 0 Å². The molecule has 3 atom stereocenters. The van der Waals surface area contributed by atoms with Crippen LogP contribution in [0.2, 0.25) is 10.0 Å². The first-order valence-electron chi connectivity index (χ1n) is 12.9. The lowest BCUT2D eigenvalue weighted by molar-refractivity contribution is -0.143. The summed E-state index contributed by atoms with van der Waals surface area (Å²) < 4.78 is 5.78. The average Bonchev–Trinajstić information content (AvgIpc) is 3.31. The van der Waals surface area contributed by atoms with Gasteiger partial charge in [-0.2, -0.15) is 0 Å². The van der Waals surface area contributed by atoms with Crippen LogP contribution in [-0.2, 0) is 34.0 Å². The van der Waals surface area contributed by atoms with Gasteiger partial charge in [0.2, 0.25) is 5.91 Å². The Kier molecular flexibility index (Phi) is 10.0. The maximum atomic E-state index is 12.9. The van der Waals surface area contributed by atoms with Gasteiger partial charge in [0.1, 0.15) is 24.4 Å². The molecule has 3 aromatic rings. The number of carboxylic acids is 2. The van der Waals surface area contributed by atoms with Gasteiger partial charge >= 0.3 is 11.9 Å². The van der Waals surface area contributed by atoms with Crippen molar-refractivity contribution in [2.45, 2.75) is 57.0 Å². The van der Waals surface area contributed by atoms with Gasteiger partial charge in [-0.3, -0.25) is 14.5 Å². The minimum absolute atomic E-state index is 0.0117. The van der Waals surface area contributed by atoms with Crippen LogP contribution in [0, 0.1) is 0 Å². The minimum Gasteiger partial charge on any atom is -0.489 e. The summed E-state index contributed by atoms with van der Waals surface area (Å²) in [4.78, 5) is 38.5. The van der Waals surface area contributed by atoms with E-state index in [2.05, 4.69) is 5.32 Å². The Morgan fingerprint density at radius 3 is 2.20 bits per heavy atom. The Morgan fingerprint density at radius 1 is 0.900 bits per heavy atom. The van der Waals surface area contributed by atoms with E-state index in [-0.39, 0.29) is 25.5 Å². The number of benzene rings is 3. The average molecular weight is 585 g/mol. The van der Waals surface area contributed by atoms with Crippen molar-refractivity contribution in [2.24, 2.45) is 0 Å². The highest BCUT2D eigenvalue weighted by Crippen LogP contribution is 2.29. The molecule has 0 aliphatic carbocycles. The zero-order valence-corrected chi connectivity index (χ0v) is 23.1. The number of carboxylic acid groups (broad SMARTS) is 2. The molecule has 1 aliphatic heterocycles. The summed E-state index contributed by atoms with van der Waals surface area (Å²) in [5.74, 6) is -1.95. The lowest BCUT2D eigenvalue weighted by Gasteiger charge is -2.28. The second-order valence-corrected chi connectivity index (χ2v) is 10.6. The SMILES string of the molecule is O=C(C[C@@H]1CC[C@H](C(=O)O)N1Cc1ccccc1)N[C@@H](Cc1ccc(OCc2c(Cl)cccc2Cl)cc1)C(=O)O. The van der Waals surface area contributed by atoms with E-state index in [9.17, 15) is 24.6 Å². The normalized spacial score (nSPS) is 17.8. The number of ether oxygens (including phenoxy) is 1. The van der Waals surface area contributed by atoms with Gasteiger partial charge in [0, 0.05) is 41.0 Å². The Hall–Kier alpha value is -3.59. The van der Waals surface area contributed by atoms with Crippen molar-refractivity contribution in [3.8, 4) is 5.75 Å². The first kappa shape index (κ1) is 29.4. The molecule has 0 unspecified atom stereocenters. The highest BCUT2D eigenvalue weighted by atomic mass is 35.5. The third-order valence-corrected chi connectivity index (χ3v) is 7.71. The lowest BCUT2D eigenvalue weighted by atomic mass is 10.0. The number of carbonyl (C=O) groups excluding carboxylic acids is 1. The molecule has 0 bridgehead atoms. The van der Waals surface area contributed by atoms with E-state index >= 15 is 0 Å². The smallest absolute Gasteiger partial charge is 0.326 e. The van der Waals surface area contributed by atoms with Crippen molar-refractivity contribution in [1.29, 1.82) is 0 Å². The summed E-state index contributed by atoms with van der Waals surface area (Å²) in [5.41, 5.74) is 2.32. The molecule has 0 spiro atoms. The summed E-state index contributed by atoms with van der Waals surface area (Å²) >= 11 is 12.4. The molecule has 8 nitrogen and oxygen atoms in total. The van der Waals surface area contributed by atoms with Crippen molar-refractivity contribution in [1.82, 2.24) is 10.2 Å². The van der Waals surface area contributed by atoms with Crippen molar-refractivity contribution in [3.05, 3.63) is 99.5 Å². The molecular weight excluding hydrogens is 555 g/mol. The fourth-order valence-electron chi connectivity index (χ4n) is 4.91. The Labute approximate surface area is 242 Å². The summed E-state index contributed by atoms with van der Waals surface area (Å²) in [5, 5.41) is 23.1. The maximum absolute atomic E-state index is 12.9. The number of rotatable bonds is 12. The predicted octanol–water partition coefficient (Wildman–Crippen LogP) is 5.19. The predicted molar refractivity (Wildman–Crippen MR) is 152 cm³/mol. The van der Waals surface area contributed by atoms with E-state index in [1.54, 1.807) is 42.5 Å². The van der Waals surface area contributed by atoms with Crippen LogP contribution in [0.5, 0.6) is 5.75 Å². The van der Waals surface area contributed by atoms with Crippen LogP contribution in [0.15, 0.2) is 72.8 Å². The van der Waals surface area contributed by atoms with E-state index in [4.69, 9.17) is 27.9 Å². The van der Waals surface area contributed by atoms with Gasteiger partial charge < -0.3 is 20.3 Å². The molecule has 3 N–H and O–H groups in total. The number of nitrogens with one attached hydrogen (secondary N) is 1. The molecule has 0 saturated carbocycles. The first-order valence-corrected chi connectivity index (χ1v) is 13.7. The molecule has 1 fully saturated rings. The van der Waals surface area contributed by atoms with Crippen molar-refractivity contribution >= 4 is 41.0 Å². The molecule has 1 aliphatic rings. The summed E-state index contributed by atoms with van der Waals surface area (Å²) in [7, 11) is 0. The van der Waals surface area contributed by atoms with Crippen molar-refractivity contribution in [2.75, 3.05) is 0 Å². The number of hydrogen-bond donors (Lipinski definition) is 3. The zero-order chi connectivity index (χ0) is 28.6. The highest BCUT2D eigenvalue weighted by Gasteiger charge is 2.39. The third kappa shape index (κ3) is 7.75. The zero-order valence-electron chi connectivity index (χ0n) is 21.6. The second-order valence-electron chi connectivity index (χ2n) is 9.74. The molecule has 10 heteroatoms. The van der Waals surface area contributed by atoms with Crippen molar-refractivity contribution < 1.29 is 29.3 Å². The van der Waals surface area contributed by atoms with Crippen LogP contribution in [0.1, 0.15) is 36.0 Å². The van der Waals surface area contributed by atoms with Crippen LogP contribution in [0.4, 0.5) is 0 Å². The summed E-state index contributed by atoms with van der Waals surface area (Å²) in [6.45, 7) is 0.575. The van der Waals surface area contributed by atoms with Crippen LogP contribution in [0.25, 0.3) is 0 Å². The largest absolute Gasteiger partial charge is 0.489 e. The van der Waals surface area contributed by atoms with Crippen LogP contribution >= 0.6 is 23.2 Å². The first-order chi connectivity index (χ1) is 19.2. The van der Waals surface area contributed by atoms with E-state index < -0.39 is 29.9 Å². The number of carbonyl (C=O) groups is 3. The molecule has 40 heavy (non-hydrogen) atoms. The number of hydrogen-bond acceptors (Lipinski definition) is 5. The van der Waals surface area contributed by atoms with E-state index in [1.807, 2.05) is 35.2 Å².